The Morgan fingerprint density at radius 3 is 2.14 bits per heavy atom. The van der Waals surface area contributed by atoms with Crippen LogP contribution >= 0.6 is 0 Å². The van der Waals surface area contributed by atoms with Crippen LogP contribution in [0.3, 0.4) is 0 Å². The van der Waals surface area contributed by atoms with Gasteiger partial charge < -0.3 is 14.5 Å². The van der Waals surface area contributed by atoms with Gasteiger partial charge in [0.05, 0.1) is 13.2 Å². The van der Waals surface area contributed by atoms with Gasteiger partial charge in [-0.2, -0.15) is 0 Å². The zero-order valence-electron chi connectivity index (χ0n) is 17.3. The molecule has 2 aliphatic heterocycles. The van der Waals surface area contributed by atoms with Crippen molar-refractivity contribution in [3.05, 3.63) is 46.8 Å². The number of anilines is 2. The number of rotatable bonds is 4. The molecule has 3 heterocycles. The fraction of sp³-hybridized carbons (Fsp3) is 0.545. The van der Waals surface area contributed by atoms with Gasteiger partial charge in [0.1, 0.15) is 17.5 Å². The van der Waals surface area contributed by atoms with Gasteiger partial charge in [-0.15, -0.1) is 0 Å². The van der Waals surface area contributed by atoms with E-state index in [0.717, 1.165) is 76.5 Å². The largest absolute Gasteiger partial charge is 0.378 e. The first-order chi connectivity index (χ1) is 13.6. The molecule has 150 valence electrons. The molecule has 6 heteroatoms. The fourth-order valence-corrected chi connectivity index (χ4v) is 4.00. The van der Waals surface area contributed by atoms with Gasteiger partial charge in [-0.1, -0.05) is 23.8 Å². The Kier molecular flexibility index (Phi) is 5.78. The molecule has 0 atom stereocenters. The molecule has 0 aliphatic carbocycles. The molecule has 1 aromatic heterocycles. The summed E-state index contributed by atoms with van der Waals surface area (Å²) in [5.41, 5.74) is 4.17. The molecule has 2 fully saturated rings. The number of aromatic nitrogens is 2. The standard InChI is InChI=1S/C22H31N5O/c1-17-4-5-18(2)20(14-17)16-25-6-8-26(9-7-25)21-15-22(24-19(3)23-21)27-10-12-28-13-11-27/h4-5,14-15H,6-13,16H2,1-3H3. The minimum absolute atomic E-state index is 0.773. The molecule has 6 nitrogen and oxygen atoms in total. The van der Waals surface area contributed by atoms with Crippen LogP contribution in [0.1, 0.15) is 22.5 Å². The molecule has 0 N–H and O–H groups in total. The topological polar surface area (TPSA) is 44.7 Å². The zero-order chi connectivity index (χ0) is 19.5. The first-order valence-electron chi connectivity index (χ1n) is 10.3. The van der Waals surface area contributed by atoms with Crippen molar-refractivity contribution in [3.8, 4) is 0 Å². The molecule has 2 aliphatic rings. The zero-order valence-corrected chi connectivity index (χ0v) is 17.3. The van der Waals surface area contributed by atoms with Gasteiger partial charge in [-0.25, -0.2) is 9.97 Å². The Bertz CT molecular complexity index is 811. The molecule has 0 unspecified atom stereocenters. The molecule has 0 amide bonds. The van der Waals surface area contributed by atoms with E-state index in [0.29, 0.717) is 0 Å². The first kappa shape index (κ1) is 19.2. The Hall–Kier alpha value is -2.18. The van der Waals surface area contributed by atoms with Gasteiger partial charge in [-0.05, 0) is 31.9 Å². The van der Waals surface area contributed by atoms with E-state index in [1.807, 2.05) is 6.92 Å². The predicted octanol–water partition coefficient (Wildman–Crippen LogP) is 2.56. The molecule has 4 rings (SSSR count). The highest BCUT2D eigenvalue weighted by atomic mass is 16.5. The van der Waals surface area contributed by atoms with Crippen LogP contribution in [-0.2, 0) is 11.3 Å². The van der Waals surface area contributed by atoms with Crippen molar-refractivity contribution in [3.63, 3.8) is 0 Å². The maximum absolute atomic E-state index is 5.47. The van der Waals surface area contributed by atoms with Gasteiger partial charge in [0.15, 0.2) is 0 Å². The number of morpholine rings is 1. The van der Waals surface area contributed by atoms with Crippen LogP contribution in [0.15, 0.2) is 24.3 Å². The molecule has 0 saturated carbocycles. The molecular formula is C22H31N5O. The van der Waals surface area contributed by atoms with Crippen LogP contribution in [0.4, 0.5) is 11.6 Å². The van der Waals surface area contributed by atoms with Crippen LogP contribution in [0.5, 0.6) is 0 Å². The summed E-state index contributed by atoms with van der Waals surface area (Å²) in [6, 6.07) is 8.90. The third kappa shape index (κ3) is 4.45. The molecule has 2 saturated heterocycles. The van der Waals surface area contributed by atoms with Gasteiger partial charge in [0.25, 0.3) is 0 Å². The number of hydrogen-bond donors (Lipinski definition) is 0. The highest BCUT2D eigenvalue weighted by Crippen LogP contribution is 2.22. The highest BCUT2D eigenvalue weighted by molar-refractivity contribution is 5.51. The second kappa shape index (κ2) is 8.45. The Labute approximate surface area is 168 Å². The second-order valence-electron chi connectivity index (χ2n) is 7.92. The summed E-state index contributed by atoms with van der Waals surface area (Å²) in [5, 5.41) is 0. The van der Waals surface area contributed by atoms with Crippen molar-refractivity contribution in [2.75, 3.05) is 62.3 Å². The van der Waals surface area contributed by atoms with E-state index in [2.05, 4.69) is 57.8 Å². The predicted molar refractivity (Wildman–Crippen MR) is 113 cm³/mol. The molecule has 2 aromatic rings. The number of aryl methyl sites for hydroxylation is 3. The molecule has 0 spiro atoms. The van der Waals surface area contributed by atoms with Gasteiger partial charge in [0, 0.05) is 51.9 Å². The number of piperazine rings is 1. The summed E-state index contributed by atoms with van der Waals surface area (Å²) in [7, 11) is 0. The van der Waals surface area contributed by atoms with E-state index in [1.165, 1.54) is 16.7 Å². The summed E-state index contributed by atoms with van der Waals surface area (Å²) in [5.74, 6) is 2.93. The summed E-state index contributed by atoms with van der Waals surface area (Å²) >= 11 is 0. The highest BCUT2D eigenvalue weighted by Gasteiger charge is 2.21. The number of hydrogen-bond acceptors (Lipinski definition) is 6. The third-order valence-corrected chi connectivity index (χ3v) is 5.74. The maximum Gasteiger partial charge on any atom is 0.134 e. The summed E-state index contributed by atoms with van der Waals surface area (Å²) in [4.78, 5) is 16.6. The minimum Gasteiger partial charge on any atom is -0.378 e. The van der Waals surface area contributed by atoms with Gasteiger partial charge >= 0.3 is 0 Å². The lowest BCUT2D eigenvalue weighted by atomic mass is 10.0. The molecular weight excluding hydrogens is 350 g/mol. The SMILES string of the molecule is Cc1ccc(C)c(CN2CCN(c3cc(N4CCOCC4)nc(C)n3)CC2)c1. The van der Waals surface area contributed by atoms with Gasteiger partial charge in [-0.3, -0.25) is 4.90 Å². The quantitative estimate of drug-likeness (QED) is 0.811. The Morgan fingerprint density at radius 1 is 0.821 bits per heavy atom. The molecule has 0 radical (unpaired) electrons. The second-order valence-corrected chi connectivity index (χ2v) is 7.92. The number of nitrogens with zero attached hydrogens (tertiary/aromatic N) is 5. The Morgan fingerprint density at radius 2 is 1.46 bits per heavy atom. The summed E-state index contributed by atoms with van der Waals surface area (Å²) < 4.78 is 5.47. The number of ether oxygens (including phenoxy) is 1. The van der Waals surface area contributed by atoms with Crippen molar-refractivity contribution in [2.24, 2.45) is 0 Å². The van der Waals surface area contributed by atoms with Gasteiger partial charge in [0.2, 0.25) is 0 Å². The fourth-order valence-electron chi connectivity index (χ4n) is 4.00. The smallest absolute Gasteiger partial charge is 0.134 e. The minimum atomic E-state index is 0.773. The monoisotopic (exact) mass is 381 g/mol. The van der Waals surface area contributed by atoms with Crippen molar-refractivity contribution in [2.45, 2.75) is 27.3 Å². The van der Waals surface area contributed by atoms with Crippen molar-refractivity contribution >= 4 is 11.6 Å². The van der Waals surface area contributed by atoms with Crippen molar-refractivity contribution in [1.82, 2.24) is 14.9 Å². The average Bonchev–Trinajstić information content (AvgIpc) is 2.71. The van der Waals surface area contributed by atoms with Crippen molar-refractivity contribution < 1.29 is 4.74 Å². The normalized spacial score (nSPS) is 18.5. The van der Waals surface area contributed by atoms with E-state index in [-0.39, 0.29) is 0 Å². The van der Waals surface area contributed by atoms with Crippen LogP contribution in [0, 0.1) is 20.8 Å². The summed E-state index contributed by atoms with van der Waals surface area (Å²) in [6.07, 6.45) is 0. The third-order valence-electron chi connectivity index (χ3n) is 5.74. The average molecular weight is 382 g/mol. The van der Waals surface area contributed by atoms with Crippen LogP contribution in [0.25, 0.3) is 0 Å². The molecule has 1 aromatic carbocycles. The van der Waals surface area contributed by atoms with E-state index in [1.54, 1.807) is 0 Å². The van der Waals surface area contributed by atoms with Crippen molar-refractivity contribution in [1.29, 1.82) is 0 Å². The lowest BCUT2D eigenvalue weighted by Gasteiger charge is -2.36. The van der Waals surface area contributed by atoms with Crippen LogP contribution in [-0.4, -0.2) is 67.4 Å². The van der Waals surface area contributed by atoms with E-state index < -0.39 is 0 Å². The van der Waals surface area contributed by atoms with Crippen LogP contribution in [0.2, 0.25) is 0 Å². The summed E-state index contributed by atoms with van der Waals surface area (Å²) in [6.45, 7) is 14.9. The molecule has 0 bridgehead atoms. The van der Waals surface area contributed by atoms with E-state index in [4.69, 9.17) is 9.72 Å². The number of benzene rings is 1. The maximum atomic E-state index is 5.47. The van der Waals surface area contributed by atoms with E-state index in [9.17, 15) is 0 Å². The lowest BCUT2D eigenvalue weighted by Crippen LogP contribution is -2.46. The lowest BCUT2D eigenvalue weighted by molar-refractivity contribution is 0.122. The van der Waals surface area contributed by atoms with Crippen LogP contribution < -0.4 is 9.80 Å². The van der Waals surface area contributed by atoms with E-state index >= 15 is 0 Å². The molecule has 28 heavy (non-hydrogen) atoms. The Balaban J connectivity index is 1.40. The first-order valence-corrected chi connectivity index (χ1v) is 10.3.